The number of hydrogen-bond acceptors (Lipinski definition) is 6. The molecule has 0 bridgehead atoms. The van der Waals surface area contributed by atoms with Gasteiger partial charge in [0, 0.05) is 19.0 Å². The Morgan fingerprint density at radius 3 is 2.79 bits per heavy atom. The van der Waals surface area contributed by atoms with Crippen LogP contribution in [0, 0.1) is 0 Å². The normalized spacial score (nSPS) is 18.7. The fourth-order valence-electron chi connectivity index (χ4n) is 3.06. The van der Waals surface area contributed by atoms with Crippen LogP contribution in [-0.2, 0) is 16.1 Å². The molecular formula is C19H16F3N3O4. The molecule has 3 heterocycles. The Bertz CT molecular complexity index is 934. The average molecular weight is 407 g/mol. The van der Waals surface area contributed by atoms with E-state index in [0.29, 0.717) is 23.6 Å². The van der Waals surface area contributed by atoms with Crippen LogP contribution >= 0.6 is 0 Å². The molecule has 10 heteroatoms. The maximum atomic E-state index is 13.4. The second-order valence-corrected chi connectivity index (χ2v) is 6.56. The Balaban J connectivity index is 1.38. The van der Waals surface area contributed by atoms with Gasteiger partial charge in [0.25, 0.3) is 5.91 Å². The maximum Gasteiger partial charge on any atom is 0.414 e. The fraction of sp³-hybridized carbons (Fsp3) is 0.316. The van der Waals surface area contributed by atoms with Crippen LogP contribution in [0.15, 0.2) is 47.8 Å². The number of carbonyl (C=O) groups excluding carboxylic acids is 1. The van der Waals surface area contributed by atoms with E-state index in [1.165, 1.54) is 24.4 Å². The van der Waals surface area contributed by atoms with Gasteiger partial charge in [-0.3, -0.25) is 9.78 Å². The van der Waals surface area contributed by atoms with E-state index >= 15 is 0 Å². The molecule has 2 aliphatic rings. The number of nitrogens with zero attached hydrogens (tertiary/aromatic N) is 2. The summed E-state index contributed by atoms with van der Waals surface area (Å²) in [6.07, 6.45) is -4.12. The summed E-state index contributed by atoms with van der Waals surface area (Å²) in [6, 6.07) is 7.27. The standard InChI is InChI=1S/C19H16F3N3O4/c20-19(21,22)17(13-3-1-2-6-23-13)24-18(26)16-9-12(25-29-16)7-11-4-5-14-15(8-11)28-10-27-14/h1-6,8,16-17H,7,9-10H2,(H,24,26)/t16-,17-/m1/s1. The lowest BCUT2D eigenvalue weighted by Crippen LogP contribution is -2.43. The number of halogens is 3. The summed E-state index contributed by atoms with van der Waals surface area (Å²) in [5, 5.41) is 5.83. The van der Waals surface area contributed by atoms with Crippen LogP contribution in [0.3, 0.4) is 0 Å². The summed E-state index contributed by atoms with van der Waals surface area (Å²) in [5.41, 5.74) is 1.11. The van der Waals surface area contributed by atoms with Crippen LogP contribution in [0.2, 0.25) is 0 Å². The summed E-state index contributed by atoms with van der Waals surface area (Å²) >= 11 is 0. The van der Waals surface area contributed by atoms with Crippen LogP contribution in [-0.4, -0.2) is 35.7 Å². The van der Waals surface area contributed by atoms with Gasteiger partial charge in [-0.05, 0) is 29.8 Å². The van der Waals surface area contributed by atoms with Gasteiger partial charge in [-0.2, -0.15) is 13.2 Å². The molecule has 29 heavy (non-hydrogen) atoms. The monoisotopic (exact) mass is 407 g/mol. The first-order valence-electron chi connectivity index (χ1n) is 8.78. The summed E-state index contributed by atoms with van der Waals surface area (Å²) in [7, 11) is 0. The van der Waals surface area contributed by atoms with Gasteiger partial charge in [0.1, 0.15) is 0 Å². The van der Waals surface area contributed by atoms with Gasteiger partial charge in [0.2, 0.25) is 12.9 Å². The predicted molar refractivity (Wildman–Crippen MR) is 94.4 cm³/mol. The number of pyridine rings is 1. The van der Waals surface area contributed by atoms with Crippen molar-refractivity contribution in [3.8, 4) is 11.5 Å². The van der Waals surface area contributed by atoms with Crippen LogP contribution in [0.1, 0.15) is 23.7 Å². The number of ether oxygens (including phenoxy) is 2. The van der Waals surface area contributed by atoms with Crippen molar-refractivity contribution in [3.63, 3.8) is 0 Å². The van der Waals surface area contributed by atoms with E-state index in [4.69, 9.17) is 14.3 Å². The summed E-state index contributed by atoms with van der Waals surface area (Å²) in [4.78, 5) is 21.1. The zero-order chi connectivity index (χ0) is 20.4. The third-order valence-electron chi connectivity index (χ3n) is 4.47. The van der Waals surface area contributed by atoms with Gasteiger partial charge >= 0.3 is 6.18 Å². The van der Waals surface area contributed by atoms with Crippen molar-refractivity contribution in [3.05, 3.63) is 53.9 Å². The third kappa shape index (κ3) is 4.25. The predicted octanol–water partition coefficient (Wildman–Crippen LogP) is 2.92. The molecule has 0 spiro atoms. The van der Waals surface area contributed by atoms with Gasteiger partial charge < -0.3 is 19.6 Å². The molecule has 0 radical (unpaired) electrons. The van der Waals surface area contributed by atoms with Crippen molar-refractivity contribution in [1.29, 1.82) is 0 Å². The van der Waals surface area contributed by atoms with E-state index in [-0.39, 0.29) is 18.9 Å². The van der Waals surface area contributed by atoms with Crippen LogP contribution in [0.25, 0.3) is 0 Å². The van der Waals surface area contributed by atoms with Crippen molar-refractivity contribution < 1.29 is 32.3 Å². The molecule has 2 aromatic rings. The van der Waals surface area contributed by atoms with Crippen LogP contribution in [0.4, 0.5) is 13.2 Å². The second kappa shape index (κ2) is 7.61. The quantitative estimate of drug-likeness (QED) is 0.824. The van der Waals surface area contributed by atoms with E-state index in [0.717, 1.165) is 5.56 Å². The minimum Gasteiger partial charge on any atom is -0.454 e. The van der Waals surface area contributed by atoms with Gasteiger partial charge in [-0.1, -0.05) is 17.3 Å². The number of hydrogen-bond donors (Lipinski definition) is 1. The van der Waals surface area contributed by atoms with Crippen molar-refractivity contribution >= 4 is 11.6 Å². The number of rotatable bonds is 5. The first-order valence-corrected chi connectivity index (χ1v) is 8.78. The van der Waals surface area contributed by atoms with Gasteiger partial charge in [0.15, 0.2) is 17.5 Å². The minimum atomic E-state index is -4.70. The van der Waals surface area contributed by atoms with Crippen molar-refractivity contribution in [2.45, 2.75) is 31.2 Å². The highest BCUT2D eigenvalue weighted by Crippen LogP contribution is 2.34. The van der Waals surface area contributed by atoms with E-state index in [9.17, 15) is 18.0 Å². The molecule has 2 aliphatic heterocycles. The summed E-state index contributed by atoms with van der Waals surface area (Å²) < 4.78 is 50.7. The lowest BCUT2D eigenvalue weighted by Gasteiger charge is -2.22. The molecule has 1 aromatic carbocycles. The molecule has 0 saturated carbocycles. The van der Waals surface area contributed by atoms with E-state index in [1.807, 2.05) is 11.4 Å². The zero-order valence-electron chi connectivity index (χ0n) is 15.0. The number of oxime groups is 1. The molecule has 0 saturated heterocycles. The number of alkyl halides is 3. The first kappa shape index (κ1) is 19.0. The first-order chi connectivity index (χ1) is 13.9. The molecule has 0 aliphatic carbocycles. The molecule has 1 aromatic heterocycles. The van der Waals surface area contributed by atoms with Crippen molar-refractivity contribution in [2.24, 2.45) is 5.16 Å². The Morgan fingerprint density at radius 1 is 1.21 bits per heavy atom. The number of fused-ring (bicyclic) bond motifs is 1. The number of carbonyl (C=O) groups is 1. The highest BCUT2D eigenvalue weighted by Gasteiger charge is 2.44. The number of benzene rings is 1. The number of nitrogens with one attached hydrogen (secondary N) is 1. The van der Waals surface area contributed by atoms with E-state index in [1.54, 1.807) is 12.1 Å². The minimum absolute atomic E-state index is 0.0903. The highest BCUT2D eigenvalue weighted by molar-refractivity contribution is 5.94. The third-order valence-corrected chi connectivity index (χ3v) is 4.47. The van der Waals surface area contributed by atoms with Crippen LogP contribution < -0.4 is 14.8 Å². The zero-order valence-corrected chi connectivity index (χ0v) is 15.0. The Labute approximate surface area is 163 Å². The fourth-order valence-corrected chi connectivity index (χ4v) is 3.06. The topological polar surface area (TPSA) is 82.0 Å². The average Bonchev–Trinajstić information content (AvgIpc) is 3.35. The smallest absolute Gasteiger partial charge is 0.414 e. The maximum absolute atomic E-state index is 13.4. The molecule has 152 valence electrons. The Kier molecular flexibility index (Phi) is 4.99. The highest BCUT2D eigenvalue weighted by atomic mass is 19.4. The lowest BCUT2D eigenvalue weighted by molar-refractivity contribution is -0.167. The summed E-state index contributed by atoms with van der Waals surface area (Å²) in [6.45, 7) is 0.154. The Hall–Kier alpha value is -3.30. The van der Waals surface area contributed by atoms with Gasteiger partial charge in [-0.25, -0.2) is 0 Å². The largest absolute Gasteiger partial charge is 0.454 e. The van der Waals surface area contributed by atoms with Gasteiger partial charge in [0.05, 0.1) is 11.4 Å². The van der Waals surface area contributed by atoms with E-state index < -0.39 is 24.2 Å². The lowest BCUT2D eigenvalue weighted by atomic mass is 10.0. The molecular weight excluding hydrogens is 391 g/mol. The SMILES string of the molecule is O=C(N[C@H](c1ccccn1)C(F)(F)F)[C@H]1CC(Cc2ccc3c(c2)OCO3)=NO1. The molecule has 7 nitrogen and oxygen atoms in total. The van der Waals surface area contributed by atoms with Crippen molar-refractivity contribution in [2.75, 3.05) is 6.79 Å². The van der Waals surface area contributed by atoms with E-state index in [2.05, 4.69) is 10.1 Å². The molecule has 1 N–H and O–H groups in total. The molecule has 1 amide bonds. The van der Waals surface area contributed by atoms with Crippen LogP contribution in [0.5, 0.6) is 11.5 Å². The molecule has 0 unspecified atom stereocenters. The molecule has 2 atom stereocenters. The molecule has 0 fully saturated rings. The second-order valence-electron chi connectivity index (χ2n) is 6.56. The number of amides is 1. The summed E-state index contributed by atoms with van der Waals surface area (Å²) in [5.74, 6) is 0.352. The Morgan fingerprint density at radius 2 is 2.03 bits per heavy atom. The molecule has 4 rings (SSSR count). The van der Waals surface area contributed by atoms with Crippen molar-refractivity contribution in [1.82, 2.24) is 10.3 Å². The van der Waals surface area contributed by atoms with Gasteiger partial charge in [-0.15, -0.1) is 0 Å². The number of aromatic nitrogens is 1.